The molecule has 0 aliphatic heterocycles. The molecule has 0 bridgehead atoms. The van der Waals surface area contributed by atoms with Crippen molar-refractivity contribution < 1.29 is 0 Å². The number of aromatic nitrogens is 2. The molecule has 1 heterocycles. The Morgan fingerprint density at radius 2 is 2.27 bits per heavy atom. The minimum Gasteiger partial charge on any atom is -0.338 e. The van der Waals surface area contributed by atoms with Gasteiger partial charge in [0.2, 0.25) is 0 Å². The SMILES string of the molecule is Cn1ccnc1CC=C1CCC(N)CC1. The van der Waals surface area contributed by atoms with Crippen molar-refractivity contribution in [2.75, 3.05) is 0 Å². The van der Waals surface area contributed by atoms with Gasteiger partial charge >= 0.3 is 0 Å². The van der Waals surface area contributed by atoms with Crippen LogP contribution in [-0.4, -0.2) is 15.6 Å². The molecule has 1 aliphatic carbocycles. The van der Waals surface area contributed by atoms with Crippen molar-refractivity contribution in [3.05, 3.63) is 29.9 Å². The molecule has 2 rings (SSSR count). The van der Waals surface area contributed by atoms with Crippen LogP contribution in [-0.2, 0) is 13.5 Å². The van der Waals surface area contributed by atoms with Gasteiger partial charge < -0.3 is 10.3 Å². The molecule has 3 heteroatoms. The molecular formula is C12H19N3. The van der Waals surface area contributed by atoms with Gasteiger partial charge in [-0.15, -0.1) is 0 Å². The molecule has 1 fully saturated rings. The van der Waals surface area contributed by atoms with Crippen molar-refractivity contribution in [2.24, 2.45) is 12.8 Å². The Bertz CT molecular complexity index is 342. The number of hydrogen-bond donors (Lipinski definition) is 1. The Kier molecular flexibility index (Phi) is 3.21. The molecule has 1 aliphatic rings. The first-order chi connectivity index (χ1) is 7.25. The molecule has 1 saturated carbocycles. The minimum atomic E-state index is 0.426. The van der Waals surface area contributed by atoms with Crippen LogP contribution in [0.4, 0.5) is 0 Å². The lowest BCUT2D eigenvalue weighted by molar-refractivity contribution is 0.510. The number of hydrogen-bond acceptors (Lipinski definition) is 2. The van der Waals surface area contributed by atoms with Gasteiger partial charge in [-0.25, -0.2) is 4.98 Å². The van der Waals surface area contributed by atoms with Crippen LogP contribution in [0.3, 0.4) is 0 Å². The average Bonchev–Trinajstić information content (AvgIpc) is 2.63. The second kappa shape index (κ2) is 4.62. The quantitative estimate of drug-likeness (QED) is 0.748. The van der Waals surface area contributed by atoms with E-state index < -0.39 is 0 Å². The lowest BCUT2D eigenvalue weighted by atomic mass is 9.91. The lowest BCUT2D eigenvalue weighted by Crippen LogP contribution is -2.23. The monoisotopic (exact) mass is 205 g/mol. The number of nitrogens with zero attached hydrogens (tertiary/aromatic N) is 2. The van der Waals surface area contributed by atoms with Gasteiger partial charge in [0.25, 0.3) is 0 Å². The summed E-state index contributed by atoms with van der Waals surface area (Å²) in [6, 6.07) is 0.426. The molecule has 0 amide bonds. The molecular weight excluding hydrogens is 186 g/mol. The summed E-state index contributed by atoms with van der Waals surface area (Å²) >= 11 is 0. The molecule has 82 valence electrons. The van der Waals surface area contributed by atoms with Crippen molar-refractivity contribution in [1.29, 1.82) is 0 Å². The van der Waals surface area contributed by atoms with Crippen LogP contribution >= 0.6 is 0 Å². The molecule has 0 aromatic carbocycles. The van der Waals surface area contributed by atoms with Crippen LogP contribution < -0.4 is 5.73 Å². The van der Waals surface area contributed by atoms with Crippen molar-refractivity contribution in [3.8, 4) is 0 Å². The Labute approximate surface area is 91.0 Å². The van der Waals surface area contributed by atoms with E-state index in [-0.39, 0.29) is 0 Å². The van der Waals surface area contributed by atoms with E-state index in [1.54, 1.807) is 5.57 Å². The third-order valence-corrected chi connectivity index (χ3v) is 3.17. The second-order valence-corrected chi connectivity index (χ2v) is 4.36. The molecule has 1 aromatic rings. The van der Waals surface area contributed by atoms with Crippen LogP contribution in [0.5, 0.6) is 0 Å². The van der Waals surface area contributed by atoms with E-state index in [2.05, 4.69) is 15.6 Å². The Morgan fingerprint density at radius 1 is 1.53 bits per heavy atom. The zero-order valence-corrected chi connectivity index (χ0v) is 9.32. The van der Waals surface area contributed by atoms with Crippen LogP contribution in [0.2, 0.25) is 0 Å². The Balaban J connectivity index is 1.92. The summed E-state index contributed by atoms with van der Waals surface area (Å²) in [5.41, 5.74) is 7.42. The average molecular weight is 205 g/mol. The molecule has 0 spiro atoms. The first-order valence-electron chi connectivity index (χ1n) is 5.65. The number of allylic oxidation sites excluding steroid dienone is 2. The van der Waals surface area contributed by atoms with E-state index in [0.29, 0.717) is 6.04 Å². The highest BCUT2D eigenvalue weighted by molar-refractivity contribution is 5.10. The highest BCUT2D eigenvalue weighted by Gasteiger charge is 2.12. The summed E-state index contributed by atoms with van der Waals surface area (Å²) in [6.07, 6.45) is 11.8. The van der Waals surface area contributed by atoms with Crippen molar-refractivity contribution in [1.82, 2.24) is 9.55 Å². The zero-order chi connectivity index (χ0) is 10.7. The van der Waals surface area contributed by atoms with Gasteiger partial charge in [-0.2, -0.15) is 0 Å². The van der Waals surface area contributed by atoms with Gasteiger partial charge in [0.05, 0.1) is 0 Å². The summed E-state index contributed by atoms with van der Waals surface area (Å²) in [4.78, 5) is 4.31. The summed E-state index contributed by atoms with van der Waals surface area (Å²) in [5.74, 6) is 1.14. The van der Waals surface area contributed by atoms with Crippen LogP contribution in [0.25, 0.3) is 0 Å². The maximum Gasteiger partial charge on any atom is 0.112 e. The largest absolute Gasteiger partial charge is 0.338 e. The van der Waals surface area contributed by atoms with Gasteiger partial charge in [0.1, 0.15) is 5.82 Å². The zero-order valence-electron chi connectivity index (χ0n) is 9.32. The maximum atomic E-state index is 5.87. The molecule has 2 N–H and O–H groups in total. The molecule has 15 heavy (non-hydrogen) atoms. The fourth-order valence-corrected chi connectivity index (χ4v) is 2.04. The Morgan fingerprint density at radius 3 is 2.87 bits per heavy atom. The van der Waals surface area contributed by atoms with E-state index in [0.717, 1.165) is 25.1 Å². The third kappa shape index (κ3) is 2.69. The van der Waals surface area contributed by atoms with Crippen molar-refractivity contribution in [3.63, 3.8) is 0 Å². The summed E-state index contributed by atoms with van der Waals surface area (Å²) in [7, 11) is 2.04. The fourth-order valence-electron chi connectivity index (χ4n) is 2.04. The van der Waals surface area contributed by atoms with Crippen molar-refractivity contribution >= 4 is 0 Å². The molecule has 0 unspecified atom stereocenters. The van der Waals surface area contributed by atoms with E-state index in [4.69, 9.17) is 5.73 Å². The Hall–Kier alpha value is -1.09. The van der Waals surface area contributed by atoms with Gasteiger partial charge in [-0.1, -0.05) is 11.6 Å². The van der Waals surface area contributed by atoms with Gasteiger partial charge in [-0.05, 0) is 25.7 Å². The predicted octanol–water partition coefficient (Wildman–Crippen LogP) is 1.79. The van der Waals surface area contributed by atoms with Crippen LogP contribution in [0.15, 0.2) is 24.0 Å². The summed E-state index contributed by atoms with van der Waals surface area (Å²) < 4.78 is 2.08. The highest BCUT2D eigenvalue weighted by atomic mass is 15.0. The van der Waals surface area contributed by atoms with E-state index in [1.165, 1.54) is 12.8 Å². The first-order valence-corrected chi connectivity index (χ1v) is 5.65. The number of nitrogens with two attached hydrogens (primary N) is 1. The van der Waals surface area contributed by atoms with E-state index >= 15 is 0 Å². The lowest BCUT2D eigenvalue weighted by Gasteiger charge is -2.20. The smallest absolute Gasteiger partial charge is 0.112 e. The minimum absolute atomic E-state index is 0.426. The second-order valence-electron chi connectivity index (χ2n) is 4.36. The number of rotatable bonds is 2. The van der Waals surface area contributed by atoms with Crippen molar-refractivity contribution in [2.45, 2.75) is 38.1 Å². The van der Waals surface area contributed by atoms with Gasteiger partial charge in [-0.3, -0.25) is 0 Å². The van der Waals surface area contributed by atoms with Crippen LogP contribution in [0, 0.1) is 0 Å². The normalized spacial score (nSPS) is 21.7. The topological polar surface area (TPSA) is 43.8 Å². The third-order valence-electron chi connectivity index (χ3n) is 3.17. The number of aryl methyl sites for hydroxylation is 1. The van der Waals surface area contributed by atoms with Crippen LogP contribution in [0.1, 0.15) is 31.5 Å². The molecule has 3 nitrogen and oxygen atoms in total. The first kappa shape index (κ1) is 10.4. The van der Waals surface area contributed by atoms with E-state index in [9.17, 15) is 0 Å². The number of imidazole rings is 1. The standard InChI is InChI=1S/C12H19N3/c1-15-9-8-14-12(15)7-4-10-2-5-11(13)6-3-10/h4,8-9,11H,2-3,5-7,13H2,1H3. The summed E-state index contributed by atoms with van der Waals surface area (Å²) in [5, 5.41) is 0. The highest BCUT2D eigenvalue weighted by Crippen LogP contribution is 2.22. The van der Waals surface area contributed by atoms with Gasteiger partial charge in [0, 0.05) is 31.9 Å². The van der Waals surface area contributed by atoms with E-state index in [1.807, 2.05) is 19.4 Å². The molecule has 1 aromatic heterocycles. The van der Waals surface area contributed by atoms with Gasteiger partial charge in [0.15, 0.2) is 0 Å². The molecule has 0 radical (unpaired) electrons. The maximum absolute atomic E-state index is 5.87. The molecule has 0 saturated heterocycles. The fraction of sp³-hybridized carbons (Fsp3) is 0.583. The molecule has 0 atom stereocenters. The summed E-state index contributed by atoms with van der Waals surface area (Å²) in [6.45, 7) is 0. The predicted molar refractivity (Wildman–Crippen MR) is 61.4 cm³/mol.